The van der Waals surface area contributed by atoms with Crippen molar-refractivity contribution < 1.29 is 22.7 Å². The Labute approximate surface area is 233 Å². The van der Waals surface area contributed by atoms with E-state index in [2.05, 4.69) is 14.5 Å². The minimum absolute atomic E-state index is 0.141. The molecule has 4 aromatic rings. The van der Waals surface area contributed by atoms with Crippen LogP contribution in [-0.4, -0.2) is 43.2 Å². The Hall–Kier alpha value is -3.53. The van der Waals surface area contributed by atoms with Crippen LogP contribution in [0.3, 0.4) is 0 Å². The van der Waals surface area contributed by atoms with Gasteiger partial charge < -0.3 is 15.4 Å². The highest BCUT2D eigenvalue weighted by Crippen LogP contribution is 2.41. The van der Waals surface area contributed by atoms with Crippen molar-refractivity contribution in [3.05, 3.63) is 101 Å². The molecule has 0 spiro atoms. The molecule has 0 amide bonds. The number of anilines is 2. The van der Waals surface area contributed by atoms with Gasteiger partial charge in [0.1, 0.15) is 5.75 Å². The van der Waals surface area contributed by atoms with Crippen molar-refractivity contribution in [1.29, 1.82) is 0 Å². The van der Waals surface area contributed by atoms with E-state index in [9.17, 15) is 18.0 Å². The summed E-state index contributed by atoms with van der Waals surface area (Å²) in [6, 6.07) is 22.6. The van der Waals surface area contributed by atoms with Gasteiger partial charge in [0.05, 0.1) is 10.6 Å². The predicted molar refractivity (Wildman–Crippen MR) is 150 cm³/mol. The zero-order valence-corrected chi connectivity index (χ0v) is 22.3. The van der Waals surface area contributed by atoms with Gasteiger partial charge in [-0.3, -0.25) is 9.69 Å². The van der Waals surface area contributed by atoms with Crippen LogP contribution in [0.2, 0.25) is 5.02 Å². The van der Waals surface area contributed by atoms with Gasteiger partial charge >= 0.3 is 6.36 Å². The molecule has 5 rings (SSSR count). The fraction of sp³-hybridized carbons (Fsp3) is 0.207. The SMILES string of the molecule is Nc1sc(-c2ccccc2)c(CN2CCN(c3ccc(OC(F)(F)F)cc3)CC2)c1C(=O)c1ccc(Cl)cc1. The van der Waals surface area contributed by atoms with E-state index in [1.807, 2.05) is 30.3 Å². The molecule has 202 valence electrons. The van der Waals surface area contributed by atoms with Gasteiger partial charge in [-0.1, -0.05) is 41.9 Å². The molecule has 1 aliphatic heterocycles. The van der Waals surface area contributed by atoms with E-state index in [0.717, 1.165) is 21.7 Å². The zero-order valence-electron chi connectivity index (χ0n) is 20.7. The van der Waals surface area contributed by atoms with Crippen LogP contribution in [0.5, 0.6) is 5.75 Å². The standard InChI is InChI=1S/C29H25ClF3N3O2S/c30-21-8-6-19(7-9-21)26(37)25-24(27(39-28(25)34)20-4-2-1-3-5-20)18-35-14-16-36(17-15-35)22-10-12-23(13-11-22)38-29(31,32)33/h1-13H,14-18,34H2. The Morgan fingerprint density at radius 2 is 1.56 bits per heavy atom. The van der Waals surface area contributed by atoms with E-state index in [4.69, 9.17) is 17.3 Å². The van der Waals surface area contributed by atoms with Gasteiger partial charge in [-0.05, 0) is 59.7 Å². The molecule has 39 heavy (non-hydrogen) atoms. The first kappa shape index (κ1) is 27.1. The molecule has 0 atom stereocenters. The first-order valence-electron chi connectivity index (χ1n) is 12.3. The van der Waals surface area contributed by atoms with Crippen molar-refractivity contribution in [1.82, 2.24) is 4.90 Å². The van der Waals surface area contributed by atoms with Crippen molar-refractivity contribution in [3.8, 4) is 16.2 Å². The largest absolute Gasteiger partial charge is 0.573 e. The molecule has 1 aliphatic rings. The lowest BCUT2D eigenvalue weighted by atomic mass is 9.97. The van der Waals surface area contributed by atoms with Crippen molar-refractivity contribution in [2.45, 2.75) is 12.9 Å². The average Bonchev–Trinajstić information content (AvgIpc) is 3.24. The molecule has 0 radical (unpaired) electrons. The highest BCUT2D eigenvalue weighted by Gasteiger charge is 2.31. The number of piperazine rings is 1. The lowest BCUT2D eigenvalue weighted by Gasteiger charge is -2.36. The van der Waals surface area contributed by atoms with Gasteiger partial charge in [0, 0.05) is 53.9 Å². The third kappa shape index (κ3) is 6.38. The van der Waals surface area contributed by atoms with Crippen molar-refractivity contribution in [2.24, 2.45) is 0 Å². The van der Waals surface area contributed by atoms with E-state index in [0.29, 0.717) is 53.9 Å². The number of nitrogens with zero attached hydrogens (tertiary/aromatic N) is 2. The quantitative estimate of drug-likeness (QED) is 0.240. The fourth-order valence-electron chi connectivity index (χ4n) is 4.70. The monoisotopic (exact) mass is 571 g/mol. The molecule has 0 saturated carbocycles. The van der Waals surface area contributed by atoms with Gasteiger partial charge in [-0.25, -0.2) is 0 Å². The number of rotatable bonds is 7. The van der Waals surface area contributed by atoms with E-state index < -0.39 is 6.36 Å². The van der Waals surface area contributed by atoms with Crippen molar-refractivity contribution >= 4 is 39.4 Å². The van der Waals surface area contributed by atoms with Crippen molar-refractivity contribution in [3.63, 3.8) is 0 Å². The number of hydrogen-bond donors (Lipinski definition) is 1. The summed E-state index contributed by atoms with van der Waals surface area (Å²) in [5.41, 5.74) is 10.2. The fourth-order valence-corrected chi connectivity index (χ4v) is 5.91. The normalized spacial score (nSPS) is 14.4. The van der Waals surface area contributed by atoms with Crippen LogP contribution in [0.15, 0.2) is 78.9 Å². The van der Waals surface area contributed by atoms with Crippen molar-refractivity contribution in [2.75, 3.05) is 36.8 Å². The summed E-state index contributed by atoms with van der Waals surface area (Å²) < 4.78 is 41.4. The van der Waals surface area contributed by atoms with Gasteiger partial charge in [0.25, 0.3) is 0 Å². The number of carbonyl (C=O) groups is 1. The second-order valence-corrected chi connectivity index (χ2v) is 10.6. The third-order valence-corrected chi connectivity index (χ3v) is 7.96. The van der Waals surface area contributed by atoms with Crippen LogP contribution in [0.4, 0.5) is 23.9 Å². The molecule has 0 unspecified atom stereocenters. The van der Waals surface area contributed by atoms with E-state index in [1.165, 1.54) is 23.5 Å². The summed E-state index contributed by atoms with van der Waals surface area (Å²) in [5.74, 6) is -0.386. The minimum Gasteiger partial charge on any atom is -0.406 e. The number of nitrogen functional groups attached to an aromatic ring is 1. The maximum atomic E-state index is 13.6. The number of hydrogen-bond acceptors (Lipinski definition) is 6. The van der Waals surface area contributed by atoms with Crippen LogP contribution in [0, 0.1) is 0 Å². The summed E-state index contributed by atoms with van der Waals surface area (Å²) >= 11 is 7.44. The number of thiophene rings is 1. The molecule has 1 saturated heterocycles. The molecule has 3 aromatic carbocycles. The molecule has 1 fully saturated rings. The summed E-state index contributed by atoms with van der Waals surface area (Å²) in [6.07, 6.45) is -4.72. The van der Waals surface area contributed by atoms with E-state index >= 15 is 0 Å². The molecule has 0 bridgehead atoms. The number of carbonyl (C=O) groups excluding carboxylic acids is 1. The zero-order chi connectivity index (χ0) is 27.6. The minimum atomic E-state index is -4.72. The number of alkyl halides is 3. The average molecular weight is 572 g/mol. The number of benzene rings is 3. The lowest BCUT2D eigenvalue weighted by molar-refractivity contribution is -0.274. The van der Waals surface area contributed by atoms with Gasteiger partial charge in [0.2, 0.25) is 0 Å². The highest BCUT2D eigenvalue weighted by molar-refractivity contribution is 7.20. The number of ether oxygens (including phenoxy) is 1. The second kappa shape index (κ2) is 11.3. The molecule has 2 heterocycles. The Morgan fingerprint density at radius 1 is 0.923 bits per heavy atom. The van der Waals surface area contributed by atoms with Gasteiger partial charge in [-0.15, -0.1) is 24.5 Å². The number of halogens is 4. The summed E-state index contributed by atoms with van der Waals surface area (Å²) in [7, 11) is 0. The third-order valence-electron chi connectivity index (χ3n) is 6.59. The number of ketones is 1. The van der Waals surface area contributed by atoms with Crippen LogP contribution >= 0.6 is 22.9 Å². The van der Waals surface area contributed by atoms with E-state index in [1.54, 1.807) is 36.4 Å². The Balaban J connectivity index is 1.36. The maximum Gasteiger partial charge on any atom is 0.573 e. The molecule has 0 aliphatic carbocycles. The smallest absolute Gasteiger partial charge is 0.406 e. The van der Waals surface area contributed by atoms with Gasteiger partial charge in [-0.2, -0.15) is 0 Å². The molecular weight excluding hydrogens is 547 g/mol. The second-order valence-electron chi connectivity index (χ2n) is 9.16. The molecule has 10 heteroatoms. The summed E-state index contributed by atoms with van der Waals surface area (Å²) in [4.78, 5) is 19.0. The molecule has 2 N–H and O–H groups in total. The highest BCUT2D eigenvalue weighted by atomic mass is 35.5. The lowest BCUT2D eigenvalue weighted by Crippen LogP contribution is -2.46. The Morgan fingerprint density at radius 3 is 2.18 bits per heavy atom. The first-order chi connectivity index (χ1) is 18.7. The van der Waals surface area contributed by atoms with Gasteiger partial charge in [0.15, 0.2) is 5.78 Å². The molecular formula is C29H25ClF3N3O2S. The van der Waals surface area contributed by atoms with Crippen LogP contribution in [0.1, 0.15) is 21.5 Å². The van der Waals surface area contributed by atoms with Crippen LogP contribution < -0.4 is 15.4 Å². The first-order valence-corrected chi connectivity index (χ1v) is 13.5. The molecule has 1 aromatic heterocycles. The topological polar surface area (TPSA) is 58.8 Å². The predicted octanol–water partition coefficient (Wildman–Crippen LogP) is 7.10. The summed E-state index contributed by atoms with van der Waals surface area (Å²) in [6.45, 7) is 3.32. The van der Waals surface area contributed by atoms with Crippen LogP contribution in [0.25, 0.3) is 10.4 Å². The number of nitrogens with two attached hydrogens (primary N) is 1. The van der Waals surface area contributed by atoms with Crippen LogP contribution in [-0.2, 0) is 6.54 Å². The van der Waals surface area contributed by atoms with E-state index in [-0.39, 0.29) is 11.5 Å². The molecule has 5 nitrogen and oxygen atoms in total. The summed E-state index contributed by atoms with van der Waals surface area (Å²) in [5, 5.41) is 1.03. The maximum absolute atomic E-state index is 13.6. The Bertz CT molecular complexity index is 1430. The Kier molecular flexibility index (Phi) is 7.83.